The van der Waals surface area contributed by atoms with E-state index in [0.29, 0.717) is 17.7 Å². The van der Waals surface area contributed by atoms with Gasteiger partial charge in [0.25, 0.3) is 0 Å². The molecule has 0 amide bonds. The largest absolute Gasteiger partial charge is 0.419 e. The third-order valence-corrected chi connectivity index (χ3v) is 3.12. The molecule has 0 aliphatic heterocycles. The van der Waals surface area contributed by atoms with Gasteiger partial charge in [0, 0.05) is 6.54 Å². The number of rotatable bonds is 2. The van der Waals surface area contributed by atoms with E-state index >= 15 is 0 Å². The Hall–Kier alpha value is -1.88. The molecular weight excluding hydrogens is 270 g/mol. The molecule has 0 bridgehead atoms. The van der Waals surface area contributed by atoms with Gasteiger partial charge in [-0.1, -0.05) is 18.2 Å². The van der Waals surface area contributed by atoms with Crippen LogP contribution in [0.25, 0.3) is 11.1 Å². The van der Waals surface area contributed by atoms with Crippen LogP contribution in [0.2, 0.25) is 0 Å². The molecule has 0 unspecified atom stereocenters. The highest BCUT2D eigenvalue weighted by Crippen LogP contribution is 2.35. The Kier molecular flexibility index (Phi) is 3.81. The molecule has 20 heavy (non-hydrogen) atoms. The lowest BCUT2D eigenvalue weighted by Gasteiger charge is -2.12. The van der Waals surface area contributed by atoms with Gasteiger partial charge in [-0.15, -0.1) is 0 Å². The van der Waals surface area contributed by atoms with Crippen molar-refractivity contribution in [1.82, 2.24) is 0 Å². The fourth-order valence-electron chi connectivity index (χ4n) is 2.02. The van der Waals surface area contributed by atoms with Gasteiger partial charge in [0.1, 0.15) is 5.82 Å². The maximum Gasteiger partial charge on any atom is 0.419 e. The average molecular weight is 283 g/mol. The summed E-state index contributed by atoms with van der Waals surface area (Å²) in [7, 11) is 0. The number of nitrogens with two attached hydrogens (primary N) is 1. The number of halogens is 4. The Bertz CT molecular complexity index is 632. The van der Waals surface area contributed by atoms with Crippen molar-refractivity contribution in [3.63, 3.8) is 0 Å². The predicted octanol–water partition coefficient (Wildman–Crippen LogP) is 4.28. The number of benzene rings is 2. The number of aryl methyl sites for hydroxylation is 1. The average Bonchev–Trinajstić information content (AvgIpc) is 2.39. The van der Waals surface area contributed by atoms with Crippen LogP contribution in [0, 0.1) is 12.7 Å². The van der Waals surface area contributed by atoms with E-state index in [2.05, 4.69) is 0 Å². The Morgan fingerprint density at radius 2 is 1.75 bits per heavy atom. The van der Waals surface area contributed by atoms with Gasteiger partial charge in [0.15, 0.2) is 0 Å². The Balaban J connectivity index is 2.59. The monoisotopic (exact) mass is 283 g/mol. The molecule has 0 saturated heterocycles. The fourth-order valence-corrected chi connectivity index (χ4v) is 2.02. The summed E-state index contributed by atoms with van der Waals surface area (Å²) in [6.07, 6.45) is -4.71. The first-order valence-electron chi connectivity index (χ1n) is 5.99. The first kappa shape index (κ1) is 14.5. The van der Waals surface area contributed by atoms with Gasteiger partial charge in [0.05, 0.1) is 5.56 Å². The van der Waals surface area contributed by atoms with E-state index in [1.807, 2.05) is 6.07 Å². The summed E-state index contributed by atoms with van der Waals surface area (Å²) in [5.41, 5.74) is 6.84. The van der Waals surface area contributed by atoms with Gasteiger partial charge in [-0.25, -0.2) is 4.39 Å². The van der Waals surface area contributed by atoms with Gasteiger partial charge in [-0.05, 0) is 47.4 Å². The molecule has 0 aliphatic rings. The second-order valence-corrected chi connectivity index (χ2v) is 4.55. The van der Waals surface area contributed by atoms with Crippen LogP contribution < -0.4 is 5.73 Å². The highest BCUT2D eigenvalue weighted by Gasteiger charge is 2.34. The van der Waals surface area contributed by atoms with Crippen molar-refractivity contribution >= 4 is 0 Å². The molecule has 0 saturated carbocycles. The molecule has 106 valence electrons. The first-order chi connectivity index (χ1) is 9.32. The minimum atomic E-state index is -4.71. The number of alkyl halides is 3. The van der Waals surface area contributed by atoms with E-state index < -0.39 is 17.6 Å². The third-order valence-electron chi connectivity index (χ3n) is 3.12. The molecule has 0 heterocycles. The minimum Gasteiger partial charge on any atom is -0.326 e. The van der Waals surface area contributed by atoms with Gasteiger partial charge in [-0.3, -0.25) is 0 Å². The zero-order valence-electron chi connectivity index (χ0n) is 10.8. The first-order valence-corrected chi connectivity index (χ1v) is 5.99. The molecule has 0 radical (unpaired) electrons. The summed E-state index contributed by atoms with van der Waals surface area (Å²) in [5.74, 6) is -1.27. The molecule has 2 rings (SSSR count). The van der Waals surface area contributed by atoms with E-state index in [9.17, 15) is 17.6 Å². The summed E-state index contributed by atoms with van der Waals surface area (Å²) in [4.78, 5) is 0. The van der Waals surface area contributed by atoms with Crippen molar-refractivity contribution in [2.75, 3.05) is 0 Å². The quantitative estimate of drug-likeness (QED) is 0.818. The second kappa shape index (κ2) is 5.25. The van der Waals surface area contributed by atoms with E-state index in [0.717, 1.165) is 23.3 Å². The third kappa shape index (κ3) is 2.82. The van der Waals surface area contributed by atoms with Crippen LogP contribution in [0.1, 0.15) is 16.7 Å². The van der Waals surface area contributed by atoms with E-state index in [-0.39, 0.29) is 0 Å². The standard InChI is InChI=1S/C15H13F4N/c1-9-2-3-10(8-20)6-12(9)11-4-5-14(16)13(7-11)15(17,18)19/h2-7H,8,20H2,1H3. The molecule has 2 aromatic carbocycles. The topological polar surface area (TPSA) is 26.0 Å². The summed E-state index contributed by atoms with van der Waals surface area (Å²) in [6.45, 7) is 2.08. The predicted molar refractivity (Wildman–Crippen MR) is 69.5 cm³/mol. The lowest BCUT2D eigenvalue weighted by atomic mass is 9.96. The molecule has 0 aliphatic carbocycles. The highest BCUT2D eigenvalue weighted by molar-refractivity contribution is 5.68. The van der Waals surface area contributed by atoms with Crippen LogP contribution >= 0.6 is 0 Å². The van der Waals surface area contributed by atoms with Crippen LogP contribution in [-0.4, -0.2) is 0 Å². The lowest BCUT2D eigenvalue weighted by molar-refractivity contribution is -0.139. The maximum absolute atomic E-state index is 13.3. The Morgan fingerprint density at radius 1 is 1.05 bits per heavy atom. The Morgan fingerprint density at radius 3 is 2.35 bits per heavy atom. The molecule has 0 fully saturated rings. The zero-order chi connectivity index (χ0) is 14.9. The van der Waals surface area contributed by atoms with Crippen molar-refractivity contribution in [1.29, 1.82) is 0 Å². The highest BCUT2D eigenvalue weighted by atomic mass is 19.4. The van der Waals surface area contributed by atoms with Gasteiger partial charge >= 0.3 is 6.18 Å². The molecule has 0 spiro atoms. The minimum absolute atomic E-state index is 0.292. The summed E-state index contributed by atoms with van der Waals surface area (Å²) in [5, 5.41) is 0. The number of hydrogen-bond acceptors (Lipinski definition) is 1. The Labute approximate surface area is 114 Å². The van der Waals surface area contributed by atoms with Crippen molar-refractivity contribution in [2.24, 2.45) is 5.73 Å². The summed E-state index contributed by atoms with van der Waals surface area (Å²) < 4.78 is 51.5. The van der Waals surface area contributed by atoms with Crippen LogP contribution in [0.4, 0.5) is 17.6 Å². The van der Waals surface area contributed by atoms with Crippen molar-refractivity contribution in [3.05, 3.63) is 58.9 Å². The van der Waals surface area contributed by atoms with E-state index in [1.54, 1.807) is 19.1 Å². The molecule has 0 aromatic heterocycles. The molecular formula is C15H13F4N. The maximum atomic E-state index is 13.3. The molecule has 1 nitrogen and oxygen atoms in total. The van der Waals surface area contributed by atoms with Gasteiger partial charge in [0.2, 0.25) is 0 Å². The van der Waals surface area contributed by atoms with E-state index in [4.69, 9.17) is 5.73 Å². The summed E-state index contributed by atoms with van der Waals surface area (Å²) in [6, 6.07) is 8.34. The lowest BCUT2D eigenvalue weighted by Crippen LogP contribution is -2.08. The van der Waals surface area contributed by atoms with Gasteiger partial charge in [-0.2, -0.15) is 13.2 Å². The molecule has 5 heteroatoms. The normalized spacial score (nSPS) is 11.7. The smallest absolute Gasteiger partial charge is 0.326 e. The van der Waals surface area contributed by atoms with Crippen molar-refractivity contribution < 1.29 is 17.6 Å². The molecule has 0 atom stereocenters. The van der Waals surface area contributed by atoms with Crippen LogP contribution in [0.3, 0.4) is 0 Å². The van der Waals surface area contributed by atoms with Crippen LogP contribution in [0.15, 0.2) is 36.4 Å². The number of hydrogen-bond donors (Lipinski definition) is 1. The van der Waals surface area contributed by atoms with Crippen molar-refractivity contribution in [3.8, 4) is 11.1 Å². The van der Waals surface area contributed by atoms with Crippen LogP contribution in [-0.2, 0) is 12.7 Å². The summed E-state index contributed by atoms with van der Waals surface area (Å²) >= 11 is 0. The molecule has 2 N–H and O–H groups in total. The van der Waals surface area contributed by atoms with Gasteiger partial charge < -0.3 is 5.73 Å². The SMILES string of the molecule is Cc1ccc(CN)cc1-c1ccc(F)c(C(F)(F)F)c1. The molecule has 2 aromatic rings. The van der Waals surface area contributed by atoms with Crippen molar-refractivity contribution in [2.45, 2.75) is 19.6 Å². The van der Waals surface area contributed by atoms with Crippen LogP contribution in [0.5, 0.6) is 0 Å². The zero-order valence-corrected chi connectivity index (χ0v) is 10.8. The second-order valence-electron chi connectivity index (χ2n) is 4.55. The van der Waals surface area contributed by atoms with E-state index in [1.165, 1.54) is 6.07 Å². The fraction of sp³-hybridized carbons (Fsp3) is 0.200.